The number of hydrogen-bond acceptors (Lipinski definition) is 3. The summed E-state index contributed by atoms with van der Waals surface area (Å²) in [5.41, 5.74) is 7.04. The van der Waals surface area contributed by atoms with Crippen LogP contribution in [0.4, 0.5) is 8.78 Å². The minimum absolute atomic E-state index is 0.0724. The van der Waals surface area contributed by atoms with Crippen LogP contribution in [0.2, 0.25) is 0 Å². The van der Waals surface area contributed by atoms with Crippen LogP contribution in [-0.4, -0.2) is 9.97 Å². The second-order valence-electron chi connectivity index (χ2n) is 3.73. The van der Waals surface area contributed by atoms with Gasteiger partial charge in [0.1, 0.15) is 11.6 Å². The standard InChI is InChI=1S/C12H11F2N3/c1-7-5-17-11(6-16-7)12(15)9-4-8(13)2-3-10(9)14/h2-6,12H,15H2,1H3. The highest BCUT2D eigenvalue weighted by atomic mass is 19.1. The summed E-state index contributed by atoms with van der Waals surface area (Å²) in [4.78, 5) is 8.07. The Hall–Kier alpha value is -1.88. The zero-order valence-electron chi connectivity index (χ0n) is 9.19. The Labute approximate surface area is 97.3 Å². The Kier molecular flexibility index (Phi) is 3.10. The van der Waals surface area contributed by atoms with Gasteiger partial charge >= 0.3 is 0 Å². The van der Waals surface area contributed by atoms with E-state index in [4.69, 9.17) is 5.73 Å². The Bertz CT molecular complexity index is 526. The molecule has 0 radical (unpaired) electrons. The van der Waals surface area contributed by atoms with E-state index in [1.807, 2.05) is 0 Å². The lowest BCUT2D eigenvalue weighted by molar-refractivity contribution is 0.574. The fourth-order valence-electron chi connectivity index (χ4n) is 1.48. The van der Waals surface area contributed by atoms with Gasteiger partial charge in [-0.25, -0.2) is 8.78 Å². The molecular weight excluding hydrogens is 224 g/mol. The molecule has 2 aromatic rings. The van der Waals surface area contributed by atoms with Crippen LogP contribution in [-0.2, 0) is 0 Å². The van der Waals surface area contributed by atoms with E-state index in [1.54, 1.807) is 6.92 Å². The summed E-state index contributed by atoms with van der Waals surface area (Å²) in [6.07, 6.45) is 3.00. The monoisotopic (exact) mass is 235 g/mol. The van der Waals surface area contributed by atoms with E-state index in [0.29, 0.717) is 5.69 Å². The molecule has 5 heteroatoms. The van der Waals surface area contributed by atoms with Crippen molar-refractivity contribution in [3.05, 3.63) is 59.2 Å². The van der Waals surface area contributed by atoms with Gasteiger partial charge in [-0.3, -0.25) is 9.97 Å². The van der Waals surface area contributed by atoms with Crippen LogP contribution in [0, 0.1) is 18.6 Å². The van der Waals surface area contributed by atoms with Crippen molar-refractivity contribution in [2.45, 2.75) is 13.0 Å². The van der Waals surface area contributed by atoms with E-state index in [1.165, 1.54) is 12.4 Å². The van der Waals surface area contributed by atoms with Crippen molar-refractivity contribution in [2.24, 2.45) is 5.73 Å². The fraction of sp³-hybridized carbons (Fsp3) is 0.167. The topological polar surface area (TPSA) is 51.8 Å². The molecule has 1 unspecified atom stereocenters. The van der Waals surface area contributed by atoms with Crippen LogP contribution in [0.1, 0.15) is 23.0 Å². The molecule has 2 N–H and O–H groups in total. The SMILES string of the molecule is Cc1cnc(C(N)c2cc(F)ccc2F)cn1. The molecular formula is C12H11F2N3. The average Bonchev–Trinajstić information content (AvgIpc) is 2.32. The van der Waals surface area contributed by atoms with Crippen molar-refractivity contribution in [1.29, 1.82) is 0 Å². The third-order valence-electron chi connectivity index (χ3n) is 2.41. The summed E-state index contributed by atoms with van der Waals surface area (Å²) in [5.74, 6) is -1.09. The normalized spacial score (nSPS) is 12.5. The molecule has 0 saturated carbocycles. The van der Waals surface area contributed by atoms with E-state index in [9.17, 15) is 8.78 Å². The molecule has 0 aliphatic heterocycles. The van der Waals surface area contributed by atoms with Crippen LogP contribution < -0.4 is 5.73 Å². The van der Waals surface area contributed by atoms with Gasteiger partial charge in [-0.15, -0.1) is 0 Å². The van der Waals surface area contributed by atoms with E-state index in [0.717, 1.165) is 23.9 Å². The highest BCUT2D eigenvalue weighted by Gasteiger charge is 2.15. The minimum atomic E-state index is -0.821. The van der Waals surface area contributed by atoms with Gasteiger partial charge in [-0.2, -0.15) is 0 Å². The molecule has 0 amide bonds. The summed E-state index contributed by atoms with van der Waals surface area (Å²) < 4.78 is 26.5. The molecule has 3 nitrogen and oxygen atoms in total. The van der Waals surface area contributed by atoms with Crippen molar-refractivity contribution < 1.29 is 8.78 Å². The van der Waals surface area contributed by atoms with Gasteiger partial charge in [0.2, 0.25) is 0 Å². The van der Waals surface area contributed by atoms with Gasteiger partial charge < -0.3 is 5.73 Å². The molecule has 0 saturated heterocycles. The number of hydrogen-bond donors (Lipinski definition) is 1. The van der Waals surface area contributed by atoms with Crippen LogP contribution >= 0.6 is 0 Å². The summed E-state index contributed by atoms with van der Waals surface area (Å²) in [5, 5.41) is 0. The summed E-state index contributed by atoms with van der Waals surface area (Å²) in [6.45, 7) is 1.78. The first-order valence-electron chi connectivity index (χ1n) is 5.07. The van der Waals surface area contributed by atoms with Gasteiger partial charge in [-0.1, -0.05) is 0 Å². The maximum atomic E-state index is 13.5. The van der Waals surface area contributed by atoms with Crippen LogP contribution in [0.15, 0.2) is 30.6 Å². The number of nitrogens with two attached hydrogens (primary N) is 1. The third kappa shape index (κ3) is 2.45. The molecule has 0 aliphatic rings. The number of rotatable bonds is 2. The maximum absolute atomic E-state index is 13.5. The summed E-state index contributed by atoms with van der Waals surface area (Å²) >= 11 is 0. The van der Waals surface area contributed by atoms with Gasteiger partial charge in [0.15, 0.2) is 0 Å². The fourth-order valence-corrected chi connectivity index (χ4v) is 1.48. The van der Waals surface area contributed by atoms with Crippen molar-refractivity contribution in [2.75, 3.05) is 0 Å². The first-order valence-corrected chi connectivity index (χ1v) is 5.07. The molecule has 1 heterocycles. The highest BCUT2D eigenvalue weighted by Crippen LogP contribution is 2.21. The molecule has 0 fully saturated rings. The van der Waals surface area contributed by atoms with E-state index >= 15 is 0 Å². The van der Waals surface area contributed by atoms with E-state index < -0.39 is 17.7 Å². The molecule has 2 rings (SSSR count). The molecule has 1 atom stereocenters. The Morgan fingerprint density at radius 2 is 1.94 bits per heavy atom. The average molecular weight is 235 g/mol. The molecule has 88 valence electrons. The Balaban J connectivity index is 2.39. The minimum Gasteiger partial charge on any atom is -0.319 e. The van der Waals surface area contributed by atoms with Crippen molar-refractivity contribution in [3.8, 4) is 0 Å². The molecule has 0 spiro atoms. The molecule has 17 heavy (non-hydrogen) atoms. The second-order valence-corrected chi connectivity index (χ2v) is 3.73. The Morgan fingerprint density at radius 1 is 1.18 bits per heavy atom. The quantitative estimate of drug-likeness (QED) is 0.867. The van der Waals surface area contributed by atoms with Crippen LogP contribution in [0.3, 0.4) is 0 Å². The van der Waals surface area contributed by atoms with E-state index in [2.05, 4.69) is 9.97 Å². The van der Waals surface area contributed by atoms with Gasteiger partial charge in [0, 0.05) is 11.8 Å². The van der Waals surface area contributed by atoms with E-state index in [-0.39, 0.29) is 5.56 Å². The van der Waals surface area contributed by atoms with Crippen LogP contribution in [0.25, 0.3) is 0 Å². The zero-order valence-corrected chi connectivity index (χ0v) is 9.19. The molecule has 1 aromatic carbocycles. The highest BCUT2D eigenvalue weighted by molar-refractivity contribution is 5.28. The van der Waals surface area contributed by atoms with Crippen molar-refractivity contribution in [1.82, 2.24) is 9.97 Å². The molecule has 0 aliphatic carbocycles. The first kappa shape index (κ1) is 11.6. The summed E-state index contributed by atoms with van der Waals surface area (Å²) in [6, 6.07) is 2.35. The third-order valence-corrected chi connectivity index (χ3v) is 2.41. The number of aryl methyl sites for hydroxylation is 1. The maximum Gasteiger partial charge on any atom is 0.128 e. The number of nitrogens with zero attached hydrogens (tertiary/aromatic N) is 2. The predicted molar refractivity (Wildman–Crippen MR) is 59.2 cm³/mol. The van der Waals surface area contributed by atoms with Gasteiger partial charge in [0.25, 0.3) is 0 Å². The Morgan fingerprint density at radius 3 is 2.59 bits per heavy atom. The molecule has 0 bridgehead atoms. The number of benzene rings is 1. The predicted octanol–water partition coefficient (Wildman–Crippen LogP) is 2.11. The van der Waals surface area contributed by atoms with Crippen molar-refractivity contribution >= 4 is 0 Å². The van der Waals surface area contributed by atoms with Gasteiger partial charge in [-0.05, 0) is 25.1 Å². The largest absolute Gasteiger partial charge is 0.319 e. The smallest absolute Gasteiger partial charge is 0.128 e. The van der Waals surface area contributed by atoms with Gasteiger partial charge in [0.05, 0.1) is 23.6 Å². The van der Waals surface area contributed by atoms with Crippen molar-refractivity contribution in [3.63, 3.8) is 0 Å². The second kappa shape index (κ2) is 4.55. The zero-order chi connectivity index (χ0) is 12.4. The number of aromatic nitrogens is 2. The lowest BCUT2D eigenvalue weighted by Crippen LogP contribution is -2.16. The first-order chi connectivity index (χ1) is 8.08. The lowest BCUT2D eigenvalue weighted by atomic mass is 10.0. The summed E-state index contributed by atoms with van der Waals surface area (Å²) in [7, 11) is 0. The molecule has 1 aromatic heterocycles. The van der Waals surface area contributed by atoms with Crippen LogP contribution in [0.5, 0.6) is 0 Å². The number of halogens is 2. The lowest BCUT2D eigenvalue weighted by Gasteiger charge is -2.12.